The third kappa shape index (κ3) is 5.14. The van der Waals surface area contributed by atoms with Gasteiger partial charge in [-0.2, -0.15) is 0 Å². The van der Waals surface area contributed by atoms with Crippen LogP contribution in [0.4, 0.5) is 5.88 Å². The van der Waals surface area contributed by atoms with Gasteiger partial charge in [0.15, 0.2) is 0 Å². The van der Waals surface area contributed by atoms with Gasteiger partial charge >= 0.3 is 5.88 Å². The van der Waals surface area contributed by atoms with Gasteiger partial charge in [-0.15, -0.1) is 0 Å². The van der Waals surface area contributed by atoms with Crippen molar-refractivity contribution < 1.29 is 9.34 Å². The van der Waals surface area contributed by atoms with Gasteiger partial charge in [-0.25, -0.2) is 4.98 Å². The molecule has 7 nitrogen and oxygen atoms in total. The summed E-state index contributed by atoms with van der Waals surface area (Å²) in [5.74, 6) is 6.76. The summed E-state index contributed by atoms with van der Waals surface area (Å²) >= 11 is 0. The van der Waals surface area contributed by atoms with Crippen LogP contribution in [-0.4, -0.2) is 14.5 Å². The maximum absolute atomic E-state index is 13.7. The minimum atomic E-state index is -0.601. The van der Waals surface area contributed by atoms with E-state index in [0.29, 0.717) is 22.4 Å². The number of hydrogen-bond acceptors (Lipinski definition) is 5. The molecule has 41 heavy (non-hydrogen) atoms. The first-order valence-electron chi connectivity index (χ1n) is 12.9. The number of rotatable bonds is 4. The molecule has 0 spiro atoms. The van der Waals surface area contributed by atoms with Gasteiger partial charge in [-0.05, 0) is 90.9 Å². The lowest BCUT2D eigenvalue weighted by molar-refractivity contribution is -0.402. The largest absolute Gasteiger partial charge is 0.433 e. The Morgan fingerprint density at radius 3 is 2.37 bits per heavy atom. The Balaban J connectivity index is 1.39. The molecule has 0 radical (unpaired) electrons. The van der Waals surface area contributed by atoms with E-state index in [9.17, 15) is 14.9 Å². The van der Waals surface area contributed by atoms with Crippen molar-refractivity contribution in [2.75, 3.05) is 0 Å². The number of hydrogen-bond donors (Lipinski definition) is 0. The van der Waals surface area contributed by atoms with Crippen LogP contribution in [0.5, 0.6) is 0 Å². The lowest BCUT2D eigenvalue weighted by Crippen LogP contribution is -2.23. The normalized spacial score (nSPS) is 11.2. The van der Waals surface area contributed by atoms with E-state index >= 15 is 0 Å². The Hall–Kier alpha value is -5.74. The molecule has 6 rings (SSSR count). The van der Waals surface area contributed by atoms with Crippen LogP contribution < -0.4 is 5.56 Å². The smallest absolute Gasteiger partial charge is 0.401 e. The number of nitrogens with zero attached hydrogens (tertiary/aromatic N) is 3. The number of aryl methyl sites for hydroxylation is 2. The van der Waals surface area contributed by atoms with Gasteiger partial charge in [0.05, 0.1) is 22.7 Å². The third-order valence-corrected chi connectivity index (χ3v) is 6.78. The van der Waals surface area contributed by atoms with Crippen LogP contribution >= 0.6 is 0 Å². The van der Waals surface area contributed by atoms with Crippen LogP contribution in [0.15, 0.2) is 100 Å². The third-order valence-electron chi connectivity index (χ3n) is 6.78. The first-order chi connectivity index (χ1) is 19.9. The number of furan rings is 1. The maximum Gasteiger partial charge on any atom is 0.433 e. The predicted octanol–water partition coefficient (Wildman–Crippen LogP) is 7.23. The number of aromatic nitrogens is 2. The summed E-state index contributed by atoms with van der Waals surface area (Å²) in [6.45, 7) is 4.00. The summed E-state index contributed by atoms with van der Waals surface area (Å²) in [5, 5.41) is 13.8. The highest BCUT2D eigenvalue weighted by molar-refractivity contribution is 5.84. The van der Waals surface area contributed by atoms with Crippen molar-refractivity contribution in [2.24, 2.45) is 0 Å². The average molecular weight is 538 g/mol. The Kier molecular flexibility index (Phi) is 6.50. The average Bonchev–Trinajstić information content (AvgIpc) is 3.45. The molecule has 6 aromatic rings. The molecule has 0 atom stereocenters. The highest BCUT2D eigenvalue weighted by Gasteiger charge is 2.14. The fourth-order valence-electron chi connectivity index (χ4n) is 4.75. The zero-order chi connectivity index (χ0) is 28.5. The topological polar surface area (TPSA) is 91.2 Å². The first-order valence-corrected chi connectivity index (χ1v) is 12.9. The Labute approximate surface area is 235 Å². The number of benzene rings is 4. The lowest BCUT2D eigenvalue weighted by atomic mass is 10.0. The van der Waals surface area contributed by atoms with Crippen molar-refractivity contribution in [2.45, 2.75) is 13.8 Å². The van der Waals surface area contributed by atoms with Crippen molar-refractivity contribution in [1.82, 2.24) is 9.55 Å². The second-order valence-corrected chi connectivity index (χ2v) is 9.71. The molecule has 4 aromatic carbocycles. The van der Waals surface area contributed by atoms with Crippen molar-refractivity contribution in [3.63, 3.8) is 0 Å². The molecule has 0 saturated heterocycles. The van der Waals surface area contributed by atoms with Crippen molar-refractivity contribution in [1.29, 1.82) is 0 Å². The van der Waals surface area contributed by atoms with Gasteiger partial charge in [0.1, 0.15) is 16.5 Å². The van der Waals surface area contributed by atoms with Gasteiger partial charge in [0.25, 0.3) is 5.56 Å². The Morgan fingerprint density at radius 1 is 0.854 bits per heavy atom. The summed E-state index contributed by atoms with van der Waals surface area (Å²) in [6.07, 6.45) is 3.17. The molecule has 0 aliphatic heterocycles. The highest BCUT2D eigenvalue weighted by Crippen LogP contribution is 2.22. The van der Waals surface area contributed by atoms with Crippen LogP contribution in [0.25, 0.3) is 39.5 Å². The number of fused-ring (bicyclic) bond motifs is 2. The van der Waals surface area contributed by atoms with E-state index in [1.54, 1.807) is 30.4 Å². The molecule has 2 heterocycles. The highest BCUT2D eigenvalue weighted by atomic mass is 16.6. The minimum Gasteiger partial charge on any atom is -0.401 e. The second kappa shape index (κ2) is 10.4. The van der Waals surface area contributed by atoms with E-state index < -0.39 is 4.92 Å². The van der Waals surface area contributed by atoms with E-state index in [1.807, 2.05) is 37.3 Å². The molecule has 0 aliphatic carbocycles. The summed E-state index contributed by atoms with van der Waals surface area (Å²) in [5.41, 5.74) is 4.77. The molecular formula is C34H23N3O4. The first kappa shape index (κ1) is 25.5. The molecule has 2 aromatic heterocycles. The SMILES string of the molecule is Cc1ccc2cc(C#Cc3ccc(-n4c(/C=C/c5ccc([N+](=O)[O-])o5)nc5ccccc5c4=O)c(C)c3)ccc2c1. The summed E-state index contributed by atoms with van der Waals surface area (Å²) in [4.78, 5) is 28.8. The number of nitro groups is 1. The lowest BCUT2D eigenvalue weighted by Gasteiger charge is -2.14. The zero-order valence-electron chi connectivity index (χ0n) is 22.3. The number of para-hydroxylation sites is 1. The monoisotopic (exact) mass is 537 g/mol. The van der Waals surface area contributed by atoms with Crippen molar-refractivity contribution >= 4 is 39.7 Å². The van der Waals surface area contributed by atoms with E-state index in [2.05, 4.69) is 49.1 Å². The second-order valence-electron chi connectivity index (χ2n) is 9.71. The molecule has 0 amide bonds. The molecule has 0 aliphatic rings. The van der Waals surface area contributed by atoms with Gasteiger partial charge in [-0.3, -0.25) is 19.5 Å². The van der Waals surface area contributed by atoms with Gasteiger partial charge in [0, 0.05) is 11.1 Å². The fourth-order valence-corrected chi connectivity index (χ4v) is 4.75. The van der Waals surface area contributed by atoms with Crippen LogP contribution in [-0.2, 0) is 0 Å². The van der Waals surface area contributed by atoms with E-state index in [-0.39, 0.29) is 17.2 Å². The quantitative estimate of drug-likeness (QED) is 0.134. The van der Waals surface area contributed by atoms with Gasteiger partial charge in [-0.1, -0.05) is 53.8 Å². The van der Waals surface area contributed by atoms with Crippen molar-refractivity contribution in [3.8, 4) is 17.5 Å². The molecule has 7 heteroatoms. The summed E-state index contributed by atoms with van der Waals surface area (Å²) < 4.78 is 6.78. The van der Waals surface area contributed by atoms with Crippen LogP contribution in [0, 0.1) is 35.8 Å². The fraction of sp³-hybridized carbons (Fsp3) is 0.0588. The minimum absolute atomic E-state index is 0.228. The molecule has 0 unspecified atom stereocenters. The van der Waals surface area contributed by atoms with Crippen LogP contribution in [0.1, 0.15) is 33.8 Å². The molecule has 0 N–H and O–H groups in total. The van der Waals surface area contributed by atoms with Gasteiger partial charge in [0.2, 0.25) is 0 Å². The Morgan fingerprint density at radius 2 is 1.59 bits per heavy atom. The molecule has 0 saturated carbocycles. The van der Waals surface area contributed by atoms with Crippen LogP contribution in [0.2, 0.25) is 0 Å². The molecule has 0 fully saturated rings. The standard InChI is InChI=1S/C34H23N3O4/c1-22-7-12-27-21-25(10-13-26(27)19-22)9-8-24-11-16-31(23(2)20-24)36-32(17-14-28-15-18-33(41-28)37(39)40)35-30-6-4-3-5-29(30)34(36)38/h3-7,10-21H,1-2H3/b17-14+. The van der Waals surface area contributed by atoms with Crippen LogP contribution in [0.3, 0.4) is 0 Å². The molecule has 0 bridgehead atoms. The molecule has 198 valence electrons. The summed E-state index contributed by atoms with van der Waals surface area (Å²) in [6, 6.07) is 28.1. The summed E-state index contributed by atoms with van der Waals surface area (Å²) in [7, 11) is 0. The van der Waals surface area contributed by atoms with E-state index in [0.717, 1.165) is 22.1 Å². The van der Waals surface area contributed by atoms with Gasteiger partial charge < -0.3 is 4.42 Å². The maximum atomic E-state index is 13.7. The van der Waals surface area contributed by atoms with Crippen molar-refractivity contribution in [3.05, 3.63) is 145 Å². The predicted molar refractivity (Wildman–Crippen MR) is 161 cm³/mol. The van der Waals surface area contributed by atoms with E-state index in [4.69, 9.17) is 9.40 Å². The zero-order valence-corrected chi connectivity index (χ0v) is 22.3. The van der Waals surface area contributed by atoms with E-state index in [1.165, 1.54) is 27.6 Å². The molecular weight excluding hydrogens is 514 g/mol. The Bertz CT molecular complexity index is 2140.